The van der Waals surface area contributed by atoms with E-state index >= 15 is 0 Å². The van der Waals surface area contributed by atoms with Gasteiger partial charge in [0.1, 0.15) is 11.5 Å². The largest absolute Gasteiger partial charge is 0.497 e. The highest BCUT2D eigenvalue weighted by Gasteiger charge is 2.15. The van der Waals surface area contributed by atoms with E-state index in [0.717, 1.165) is 24.6 Å². The second-order valence-electron chi connectivity index (χ2n) is 4.54. The van der Waals surface area contributed by atoms with Crippen LogP contribution in [0.5, 0.6) is 11.5 Å². The van der Waals surface area contributed by atoms with Gasteiger partial charge in [-0.25, -0.2) is 0 Å². The van der Waals surface area contributed by atoms with Crippen LogP contribution in [0.4, 0.5) is 0 Å². The molecule has 18 heavy (non-hydrogen) atoms. The SMILES string of the molecule is COc1cc(OC)cc(C2CCCCNC2)c1.Cl. The molecule has 2 rings (SSSR count). The van der Waals surface area contributed by atoms with Gasteiger partial charge < -0.3 is 14.8 Å². The monoisotopic (exact) mass is 271 g/mol. The van der Waals surface area contributed by atoms with Crippen molar-refractivity contribution in [3.8, 4) is 11.5 Å². The molecule has 0 bridgehead atoms. The van der Waals surface area contributed by atoms with Crippen molar-refractivity contribution in [2.75, 3.05) is 27.3 Å². The molecule has 0 saturated carbocycles. The summed E-state index contributed by atoms with van der Waals surface area (Å²) in [5.74, 6) is 2.33. The quantitative estimate of drug-likeness (QED) is 0.917. The Morgan fingerprint density at radius 1 is 1.06 bits per heavy atom. The third-order valence-corrected chi connectivity index (χ3v) is 3.39. The smallest absolute Gasteiger partial charge is 0.122 e. The molecule has 0 radical (unpaired) electrons. The van der Waals surface area contributed by atoms with Crippen LogP contribution in [0.3, 0.4) is 0 Å². The topological polar surface area (TPSA) is 30.5 Å². The van der Waals surface area contributed by atoms with Crippen LogP contribution in [-0.4, -0.2) is 27.3 Å². The van der Waals surface area contributed by atoms with Crippen LogP contribution in [-0.2, 0) is 0 Å². The molecule has 1 aromatic rings. The molecule has 1 saturated heterocycles. The number of benzene rings is 1. The standard InChI is InChI=1S/C14H21NO2.ClH/c1-16-13-7-12(8-14(9-13)17-2)11-5-3-4-6-15-10-11;/h7-9,11,15H,3-6,10H2,1-2H3;1H. The van der Waals surface area contributed by atoms with Crippen molar-refractivity contribution >= 4 is 12.4 Å². The summed E-state index contributed by atoms with van der Waals surface area (Å²) in [4.78, 5) is 0. The Kier molecular flexibility index (Phi) is 6.30. The first-order chi connectivity index (χ1) is 8.33. The van der Waals surface area contributed by atoms with E-state index in [9.17, 15) is 0 Å². The van der Waals surface area contributed by atoms with Crippen molar-refractivity contribution in [2.24, 2.45) is 0 Å². The second kappa shape index (κ2) is 7.49. The Morgan fingerprint density at radius 2 is 1.72 bits per heavy atom. The molecule has 1 aromatic carbocycles. The number of methoxy groups -OCH3 is 2. The number of rotatable bonds is 3. The molecule has 102 valence electrons. The molecular weight excluding hydrogens is 250 g/mol. The van der Waals surface area contributed by atoms with Gasteiger partial charge in [0.25, 0.3) is 0 Å². The van der Waals surface area contributed by atoms with E-state index in [1.165, 1.54) is 24.8 Å². The van der Waals surface area contributed by atoms with Crippen molar-refractivity contribution in [1.82, 2.24) is 5.32 Å². The molecule has 1 atom stereocenters. The maximum atomic E-state index is 5.32. The molecule has 4 heteroatoms. The molecule has 3 nitrogen and oxygen atoms in total. The summed E-state index contributed by atoms with van der Waals surface area (Å²) >= 11 is 0. The first kappa shape index (κ1) is 15.1. The van der Waals surface area contributed by atoms with Crippen molar-refractivity contribution < 1.29 is 9.47 Å². The summed E-state index contributed by atoms with van der Waals surface area (Å²) in [5.41, 5.74) is 1.32. The Balaban J connectivity index is 0.00000162. The van der Waals surface area contributed by atoms with Gasteiger partial charge in [0.05, 0.1) is 14.2 Å². The van der Waals surface area contributed by atoms with Crippen molar-refractivity contribution in [1.29, 1.82) is 0 Å². The lowest BCUT2D eigenvalue weighted by atomic mass is 9.94. The van der Waals surface area contributed by atoms with E-state index in [1.54, 1.807) is 14.2 Å². The first-order valence-corrected chi connectivity index (χ1v) is 6.27. The molecule has 1 aliphatic heterocycles. The highest BCUT2D eigenvalue weighted by Crippen LogP contribution is 2.30. The number of hydrogen-bond acceptors (Lipinski definition) is 3. The fourth-order valence-corrected chi connectivity index (χ4v) is 2.37. The third kappa shape index (κ3) is 3.79. The van der Waals surface area contributed by atoms with Crippen molar-refractivity contribution in [3.63, 3.8) is 0 Å². The molecule has 0 aromatic heterocycles. The van der Waals surface area contributed by atoms with Gasteiger partial charge in [-0.05, 0) is 43.0 Å². The lowest BCUT2D eigenvalue weighted by Crippen LogP contribution is -2.19. The van der Waals surface area contributed by atoms with Crippen LogP contribution in [0.1, 0.15) is 30.7 Å². The lowest BCUT2D eigenvalue weighted by Gasteiger charge is -2.16. The summed E-state index contributed by atoms with van der Waals surface area (Å²) in [5, 5.41) is 3.49. The highest BCUT2D eigenvalue weighted by molar-refractivity contribution is 5.85. The van der Waals surface area contributed by atoms with Gasteiger partial charge in [-0.2, -0.15) is 0 Å². The molecule has 0 spiro atoms. The Bertz CT molecular complexity index is 341. The predicted octanol–water partition coefficient (Wildman–Crippen LogP) is 2.98. The third-order valence-electron chi connectivity index (χ3n) is 3.39. The summed E-state index contributed by atoms with van der Waals surface area (Å²) in [6.45, 7) is 2.19. The van der Waals surface area contributed by atoms with Gasteiger partial charge in [-0.3, -0.25) is 0 Å². The second-order valence-corrected chi connectivity index (χ2v) is 4.54. The molecule has 1 fully saturated rings. The Hall–Kier alpha value is -0.930. The van der Waals surface area contributed by atoms with Crippen LogP contribution in [0.25, 0.3) is 0 Å². The number of ether oxygens (including phenoxy) is 2. The molecule has 1 N–H and O–H groups in total. The van der Waals surface area contributed by atoms with E-state index in [4.69, 9.17) is 9.47 Å². The highest BCUT2D eigenvalue weighted by atomic mass is 35.5. The minimum Gasteiger partial charge on any atom is -0.497 e. The maximum Gasteiger partial charge on any atom is 0.122 e. The number of hydrogen-bond donors (Lipinski definition) is 1. The molecule has 1 heterocycles. The summed E-state index contributed by atoms with van der Waals surface area (Å²) in [6.07, 6.45) is 3.80. The first-order valence-electron chi connectivity index (χ1n) is 6.27. The maximum absolute atomic E-state index is 5.32. The van der Waals surface area contributed by atoms with Gasteiger partial charge in [-0.1, -0.05) is 6.42 Å². The van der Waals surface area contributed by atoms with Crippen LogP contribution in [0.2, 0.25) is 0 Å². The molecule has 1 aliphatic rings. The van der Waals surface area contributed by atoms with Gasteiger partial charge in [0, 0.05) is 12.6 Å². The van der Waals surface area contributed by atoms with Gasteiger partial charge in [0.15, 0.2) is 0 Å². The lowest BCUT2D eigenvalue weighted by molar-refractivity contribution is 0.392. The van der Waals surface area contributed by atoms with Gasteiger partial charge in [-0.15, -0.1) is 12.4 Å². The van der Waals surface area contributed by atoms with Crippen LogP contribution >= 0.6 is 12.4 Å². The van der Waals surface area contributed by atoms with E-state index < -0.39 is 0 Å². The van der Waals surface area contributed by atoms with Gasteiger partial charge in [0.2, 0.25) is 0 Å². The fraction of sp³-hybridized carbons (Fsp3) is 0.571. The Labute approximate surface area is 115 Å². The van der Waals surface area contributed by atoms with E-state index in [0.29, 0.717) is 5.92 Å². The van der Waals surface area contributed by atoms with Gasteiger partial charge >= 0.3 is 0 Å². The summed E-state index contributed by atoms with van der Waals surface area (Å²) in [6, 6.07) is 6.17. The predicted molar refractivity (Wildman–Crippen MR) is 76.3 cm³/mol. The Morgan fingerprint density at radius 3 is 2.33 bits per heavy atom. The molecular formula is C14H22ClNO2. The number of halogens is 1. The normalized spacial score (nSPS) is 19.6. The minimum atomic E-state index is 0. The fourth-order valence-electron chi connectivity index (χ4n) is 2.37. The average Bonchev–Trinajstić information content (AvgIpc) is 2.67. The van der Waals surface area contributed by atoms with Crippen LogP contribution in [0.15, 0.2) is 18.2 Å². The molecule has 0 amide bonds. The number of nitrogens with one attached hydrogen (secondary N) is 1. The van der Waals surface area contributed by atoms with Crippen molar-refractivity contribution in [3.05, 3.63) is 23.8 Å². The minimum absolute atomic E-state index is 0. The van der Waals surface area contributed by atoms with E-state index in [-0.39, 0.29) is 12.4 Å². The van der Waals surface area contributed by atoms with Crippen molar-refractivity contribution in [2.45, 2.75) is 25.2 Å². The zero-order chi connectivity index (χ0) is 12.1. The summed E-state index contributed by atoms with van der Waals surface area (Å²) < 4.78 is 10.6. The van der Waals surface area contributed by atoms with E-state index in [2.05, 4.69) is 17.4 Å². The molecule has 1 unspecified atom stereocenters. The molecule has 0 aliphatic carbocycles. The van der Waals surface area contributed by atoms with Crippen LogP contribution < -0.4 is 14.8 Å². The zero-order valence-electron chi connectivity index (χ0n) is 11.1. The van der Waals surface area contributed by atoms with Crippen LogP contribution in [0, 0.1) is 0 Å². The zero-order valence-corrected chi connectivity index (χ0v) is 11.9. The van der Waals surface area contributed by atoms with E-state index in [1.807, 2.05) is 6.07 Å². The average molecular weight is 272 g/mol. The summed E-state index contributed by atoms with van der Waals surface area (Å²) in [7, 11) is 3.40.